The van der Waals surface area contributed by atoms with Crippen molar-refractivity contribution in [2.45, 2.75) is 12.0 Å². The van der Waals surface area contributed by atoms with E-state index in [2.05, 4.69) is 66.7 Å². The maximum Gasteiger partial charge on any atom is 0.236 e. The van der Waals surface area contributed by atoms with Crippen molar-refractivity contribution in [2.75, 3.05) is 6.61 Å². The molecule has 0 radical (unpaired) electrons. The molecule has 3 aromatic carbocycles. The first-order valence-electron chi connectivity index (χ1n) is 10.2. The van der Waals surface area contributed by atoms with Gasteiger partial charge in [-0.15, -0.1) is 0 Å². The maximum absolute atomic E-state index is 5.94. The van der Waals surface area contributed by atoms with Gasteiger partial charge >= 0.3 is 0 Å². The minimum Gasteiger partial charge on any atom is -0.474 e. The lowest BCUT2D eigenvalue weighted by atomic mass is 9.88. The zero-order valence-electron chi connectivity index (χ0n) is 16.6. The molecule has 146 valence electrons. The van der Waals surface area contributed by atoms with Gasteiger partial charge in [-0.1, -0.05) is 97.1 Å². The molecule has 1 atom stereocenters. The van der Waals surface area contributed by atoms with Crippen LogP contribution in [0.3, 0.4) is 0 Å². The van der Waals surface area contributed by atoms with Crippen LogP contribution in [0, 0.1) is 0 Å². The van der Waals surface area contributed by atoms with E-state index >= 15 is 0 Å². The first-order chi connectivity index (χ1) is 14.9. The van der Waals surface area contributed by atoms with Gasteiger partial charge in [-0.05, 0) is 28.8 Å². The first-order valence-corrected chi connectivity index (χ1v) is 10.2. The van der Waals surface area contributed by atoms with Crippen molar-refractivity contribution < 1.29 is 4.74 Å². The summed E-state index contributed by atoms with van der Waals surface area (Å²) in [6.45, 7) is 0.548. The SMILES string of the molecule is c1ccc(C(c2ccccc2)c2cccc(C3=N[C@@H](c4ccccc4)CO3)n2)cc1. The van der Waals surface area contributed by atoms with Gasteiger partial charge in [-0.3, -0.25) is 0 Å². The molecule has 1 aliphatic heterocycles. The number of benzene rings is 3. The average molecular weight is 390 g/mol. The van der Waals surface area contributed by atoms with Crippen LogP contribution in [0.1, 0.15) is 40.0 Å². The zero-order valence-corrected chi connectivity index (χ0v) is 16.6. The van der Waals surface area contributed by atoms with E-state index in [0.29, 0.717) is 12.5 Å². The first kappa shape index (κ1) is 18.3. The second-order valence-corrected chi connectivity index (χ2v) is 7.37. The molecule has 3 heteroatoms. The largest absolute Gasteiger partial charge is 0.474 e. The molecule has 0 amide bonds. The molecule has 1 aliphatic rings. The number of pyridine rings is 1. The fraction of sp³-hybridized carbons (Fsp3) is 0.111. The highest BCUT2D eigenvalue weighted by molar-refractivity contribution is 5.93. The van der Waals surface area contributed by atoms with E-state index in [1.807, 2.05) is 42.5 Å². The third kappa shape index (κ3) is 3.74. The number of rotatable bonds is 5. The Labute approximate surface area is 176 Å². The fourth-order valence-corrected chi connectivity index (χ4v) is 3.92. The van der Waals surface area contributed by atoms with E-state index in [0.717, 1.165) is 17.0 Å². The number of hydrogen-bond acceptors (Lipinski definition) is 3. The summed E-state index contributed by atoms with van der Waals surface area (Å²) in [6, 6.07) is 37.4. The van der Waals surface area contributed by atoms with Gasteiger partial charge in [-0.25, -0.2) is 9.98 Å². The number of nitrogens with zero attached hydrogens (tertiary/aromatic N) is 2. The van der Waals surface area contributed by atoms with Gasteiger partial charge in [0.1, 0.15) is 18.3 Å². The summed E-state index contributed by atoms with van der Waals surface area (Å²) in [4.78, 5) is 9.79. The van der Waals surface area contributed by atoms with Crippen LogP contribution in [0.4, 0.5) is 0 Å². The van der Waals surface area contributed by atoms with Crippen LogP contribution in [0.5, 0.6) is 0 Å². The van der Waals surface area contributed by atoms with Crippen molar-refractivity contribution in [3.05, 3.63) is 137 Å². The number of aromatic nitrogens is 1. The van der Waals surface area contributed by atoms with Gasteiger partial charge in [0.15, 0.2) is 0 Å². The maximum atomic E-state index is 5.94. The van der Waals surface area contributed by atoms with Crippen molar-refractivity contribution in [1.29, 1.82) is 0 Å². The van der Waals surface area contributed by atoms with Crippen LogP contribution >= 0.6 is 0 Å². The van der Waals surface area contributed by atoms with Crippen LogP contribution in [0.15, 0.2) is 114 Å². The summed E-state index contributed by atoms with van der Waals surface area (Å²) in [5, 5.41) is 0. The Kier molecular flexibility index (Phi) is 5.09. The lowest BCUT2D eigenvalue weighted by Crippen LogP contribution is -2.10. The molecule has 1 aromatic heterocycles. The molecule has 3 nitrogen and oxygen atoms in total. The molecular weight excluding hydrogens is 368 g/mol. The van der Waals surface area contributed by atoms with E-state index in [9.17, 15) is 0 Å². The molecule has 0 saturated heterocycles. The van der Waals surface area contributed by atoms with Gasteiger partial charge in [0, 0.05) is 0 Å². The summed E-state index contributed by atoms with van der Waals surface area (Å²) >= 11 is 0. The predicted molar refractivity (Wildman–Crippen MR) is 120 cm³/mol. The van der Waals surface area contributed by atoms with E-state index in [1.165, 1.54) is 11.1 Å². The molecule has 0 N–H and O–H groups in total. The molecule has 30 heavy (non-hydrogen) atoms. The standard InChI is InChI=1S/C27H22N2O/c1-4-11-20(12-5-1)25-19-30-27(29-25)24-18-10-17-23(28-24)26(21-13-6-2-7-14-21)22-15-8-3-9-16-22/h1-18,25-26H,19H2/t25-/m1/s1. The topological polar surface area (TPSA) is 34.5 Å². The monoisotopic (exact) mass is 390 g/mol. The lowest BCUT2D eigenvalue weighted by Gasteiger charge is -2.18. The number of ether oxygens (including phenoxy) is 1. The fourth-order valence-electron chi connectivity index (χ4n) is 3.92. The lowest BCUT2D eigenvalue weighted by molar-refractivity contribution is 0.319. The normalized spacial score (nSPS) is 15.6. The summed E-state index contributed by atoms with van der Waals surface area (Å²) in [6.07, 6.45) is 0. The van der Waals surface area contributed by atoms with Gasteiger partial charge in [0.05, 0.1) is 11.6 Å². The minimum atomic E-state index is 0.0192. The molecule has 0 saturated carbocycles. The summed E-state index contributed by atoms with van der Waals surface area (Å²) in [5.41, 5.74) is 5.35. The minimum absolute atomic E-state index is 0.0192. The molecule has 4 aromatic rings. The average Bonchev–Trinajstić information content (AvgIpc) is 3.32. The highest BCUT2D eigenvalue weighted by Crippen LogP contribution is 2.31. The van der Waals surface area contributed by atoms with Gasteiger partial charge in [-0.2, -0.15) is 0 Å². The van der Waals surface area contributed by atoms with Gasteiger partial charge < -0.3 is 4.74 Å². The van der Waals surface area contributed by atoms with Crippen molar-refractivity contribution in [3.63, 3.8) is 0 Å². The number of hydrogen-bond donors (Lipinski definition) is 0. The highest BCUT2D eigenvalue weighted by atomic mass is 16.5. The molecule has 0 bridgehead atoms. The van der Waals surface area contributed by atoms with Crippen molar-refractivity contribution in [2.24, 2.45) is 4.99 Å². The Balaban J connectivity index is 1.52. The second kappa shape index (κ2) is 8.34. The number of aliphatic imine (C=N–C) groups is 1. The Hall–Kier alpha value is -3.72. The molecule has 5 rings (SSSR count). The predicted octanol–water partition coefficient (Wildman–Crippen LogP) is 5.78. The highest BCUT2D eigenvalue weighted by Gasteiger charge is 2.24. The molecular formula is C27H22N2O. The Morgan fingerprint density at radius 3 is 1.90 bits per heavy atom. The Morgan fingerprint density at radius 1 is 0.667 bits per heavy atom. The molecule has 0 spiro atoms. The molecule has 2 heterocycles. The van der Waals surface area contributed by atoms with Crippen LogP contribution in [-0.4, -0.2) is 17.5 Å². The van der Waals surface area contributed by atoms with E-state index in [-0.39, 0.29) is 12.0 Å². The third-order valence-electron chi connectivity index (χ3n) is 5.39. The molecule has 0 unspecified atom stereocenters. The third-order valence-corrected chi connectivity index (χ3v) is 5.39. The smallest absolute Gasteiger partial charge is 0.236 e. The van der Waals surface area contributed by atoms with E-state index in [4.69, 9.17) is 14.7 Å². The van der Waals surface area contributed by atoms with Crippen LogP contribution < -0.4 is 0 Å². The van der Waals surface area contributed by atoms with Gasteiger partial charge in [0.2, 0.25) is 5.90 Å². The second-order valence-electron chi connectivity index (χ2n) is 7.37. The van der Waals surface area contributed by atoms with Gasteiger partial charge in [0.25, 0.3) is 0 Å². The molecule has 0 fully saturated rings. The van der Waals surface area contributed by atoms with Crippen LogP contribution in [0.25, 0.3) is 0 Å². The Morgan fingerprint density at radius 2 is 1.27 bits per heavy atom. The molecule has 0 aliphatic carbocycles. The summed E-state index contributed by atoms with van der Waals surface area (Å²) < 4.78 is 5.94. The zero-order chi connectivity index (χ0) is 20.2. The van der Waals surface area contributed by atoms with Crippen molar-refractivity contribution in [1.82, 2.24) is 4.98 Å². The van der Waals surface area contributed by atoms with Crippen LogP contribution in [0.2, 0.25) is 0 Å². The Bertz CT molecular complexity index is 1100. The van der Waals surface area contributed by atoms with E-state index < -0.39 is 0 Å². The van der Waals surface area contributed by atoms with E-state index in [1.54, 1.807) is 0 Å². The summed E-state index contributed by atoms with van der Waals surface area (Å²) in [5.74, 6) is 0.671. The van der Waals surface area contributed by atoms with Crippen molar-refractivity contribution >= 4 is 5.90 Å². The van der Waals surface area contributed by atoms with Crippen molar-refractivity contribution in [3.8, 4) is 0 Å². The summed E-state index contributed by atoms with van der Waals surface area (Å²) in [7, 11) is 0. The van der Waals surface area contributed by atoms with Crippen LogP contribution in [-0.2, 0) is 4.74 Å². The quantitative estimate of drug-likeness (QED) is 0.433.